The van der Waals surface area contributed by atoms with Crippen LogP contribution in [0.25, 0.3) is 0 Å². The van der Waals surface area contributed by atoms with Gasteiger partial charge in [0.2, 0.25) is 11.8 Å². The third-order valence-corrected chi connectivity index (χ3v) is 5.12. The van der Waals surface area contributed by atoms with E-state index in [9.17, 15) is 9.59 Å². The van der Waals surface area contributed by atoms with E-state index in [4.69, 9.17) is 4.74 Å². The van der Waals surface area contributed by atoms with Gasteiger partial charge < -0.3 is 15.0 Å². The second-order valence-electron chi connectivity index (χ2n) is 7.18. The number of anilines is 1. The van der Waals surface area contributed by atoms with Gasteiger partial charge in [0.15, 0.2) is 0 Å². The van der Waals surface area contributed by atoms with Crippen LogP contribution in [0, 0.1) is 0 Å². The second-order valence-corrected chi connectivity index (χ2v) is 7.18. The maximum absolute atomic E-state index is 12.2. The smallest absolute Gasteiger partial charge is 0.224 e. The highest BCUT2D eigenvalue weighted by atomic mass is 16.5. The van der Waals surface area contributed by atoms with Gasteiger partial charge in [-0.2, -0.15) is 0 Å². The summed E-state index contributed by atoms with van der Waals surface area (Å²) in [6.45, 7) is 1.81. The van der Waals surface area contributed by atoms with Crippen LogP contribution in [0.1, 0.15) is 36.8 Å². The molecule has 1 saturated heterocycles. The molecule has 3 rings (SSSR count). The number of nitrogens with one attached hydrogen (secondary N) is 1. The number of hydrogen-bond donors (Lipinski definition) is 1. The molecule has 5 nitrogen and oxygen atoms in total. The predicted molar refractivity (Wildman–Crippen MR) is 111 cm³/mol. The molecular weight excluding hydrogens is 352 g/mol. The molecule has 0 bridgehead atoms. The Labute approximate surface area is 166 Å². The molecule has 0 saturated carbocycles. The molecule has 1 fully saturated rings. The average Bonchev–Trinajstić information content (AvgIpc) is 3.27. The van der Waals surface area contributed by atoms with E-state index >= 15 is 0 Å². The molecular formula is C23H28N2O3. The topological polar surface area (TPSA) is 58.6 Å². The van der Waals surface area contributed by atoms with Gasteiger partial charge in [0.25, 0.3) is 0 Å². The highest BCUT2D eigenvalue weighted by Crippen LogP contribution is 2.15. The molecule has 0 atom stereocenters. The van der Waals surface area contributed by atoms with Crippen molar-refractivity contribution in [1.82, 2.24) is 4.90 Å². The number of methoxy groups -OCH3 is 1. The Hall–Kier alpha value is -2.82. The number of benzene rings is 2. The first-order valence-electron chi connectivity index (χ1n) is 9.93. The van der Waals surface area contributed by atoms with Crippen LogP contribution < -0.4 is 10.1 Å². The van der Waals surface area contributed by atoms with E-state index in [1.54, 1.807) is 7.11 Å². The number of nitrogens with zero attached hydrogens (tertiary/aromatic N) is 1. The summed E-state index contributed by atoms with van der Waals surface area (Å²) in [7, 11) is 1.64. The van der Waals surface area contributed by atoms with Gasteiger partial charge in [-0.05, 0) is 61.1 Å². The fourth-order valence-electron chi connectivity index (χ4n) is 3.40. The molecule has 0 aromatic heterocycles. The molecule has 1 aliphatic heterocycles. The lowest BCUT2D eigenvalue weighted by atomic mass is 10.1. The molecule has 0 spiro atoms. The van der Waals surface area contributed by atoms with Crippen molar-refractivity contribution in [1.29, 1.82) is 0 Å². The Morgan fingerprint density at radius 1 is 0.893 bits per heavy atom. The van der Waals surface area contributed by atoms with Crippen LogP contribution in [-0.2, 0) is 22.4 Å². The van der Waals surface area contributed by atoms with Crippen LogP contribution in [-0.4, -0.2) is 36.9 Å². The standard InChI is InChI=1S/C23H28N2O3/c1-28-21-12-6-19(7-13-21)8-14-22(26)24-20-10-4-18(5-11-20)9-15-23(27)25-16-2-3-17-25/h4-7,10-13H,2-3,8-9,14-17H2,1H3,(H,24,26). The van der Waals surface area contributed by atoms with E-state index < -0.39 is 0 Å². The van der Waals surface area contributed by atoms with E-state index in [2.05, 4.69) is 5.32 Å². The minimum atomic E-state index is -0.00669. The Bertz CT molecular complexity index is 778. The SMILES string of the molecule is COc1ccc(CCC(=O)Nc2ccc(CCC(=O)N3CCCC3)cc2)cc1. The zero-order valence-electron chi connectivity index (χ0n) is 16.4. The van der Waals surface area contributed by atoms with Crippen LogP contribution >= 0.6 is 0 Å². The molecule has 2 aromatic rings. The normalized spacial score (nSPS) is 13.4. The third kappa shape index (κ3) is 5.84. The van der Waals surface area contributed by atoms with Crippen LogP contribution in [0.3, 0.4) is 0 Å². The molecule has 5 heteroatoms. The lowest BCUT2D eigenvalue weighted by molar-refractivity contribution is -0.130. The number of rotatable bonds is 8. The Balaban J connectivity index is 1.41. The predicted octanol–water partition coefficient (Wildman–Crippen LogP) is 3.82. The van der Waals surface area contributed by atoms with Crippen molar-refractivity contribution in [3.05, 3.63) is 59.7 Å². The maximum Gasteiger partial charge on any atom is 0.224 e. The molecule has 148 valence electrons. The number of carbonyl (C=O) groups is 2. The van der Waals surface area contributed by atoms with Crippen molar-refractivity contribution in [3.63, 3.8) is 0 Å². The fraction of sp³-hybridized carbons (Fsp3) is 0.391. The van der Waals surface area contributed by atoms with E-state index in [-0.39, 0.29) is 11.8 Å². The Morgan fingerprint density at radius 3 is 2.07 bits per heavy atom. The van der Waals surface area contributed by atoms with Gasteiger partial charge in [0, 0.05) is 31.6 Å². The molecule has 1 aliphatic rings. The van der Waals surface area contributed by atoms with Gasteiger partial charge in [-0.1, -0.05) is 24.3 Å². The van der Waals surface area contributed by atoms with Gasteiger partial charge in [0.05, 0.1) is 7.11 Å². The quantitative estimate of drug-likeness (QED) is 0.757. The van der Waals surface area contributed by atoms with Crippen molar-refractivity contribution in [2.75, 3.05) is 25.5 Å². The number of likely N-dealkylation sites (tertiary alicyclic amines) is 1. The summed E-state index contributed by atoms with van der Waals surface area (Å²) < 4.78 is 5.14. The summed E-state index contributed by atoms with van der Waals surface area (Å²) >= 11 is 0. The van der Waals surface area contributed by atoms with E-state index in [0.717, 1.165) is 54.9 Å². The van der Waals surface area contributed by atoms with Gasteiger partial charge in [-0.15, -0.1) is 0 Å². The minimum Gasteiger partial charge on any atom is -0.497 e. The van der Waals surface area contributed by atoms with Crippen LogP contribution in [0.15, 0.2) is 48.5 Å². The van der Waals surface area contributed by atoms with Crippen molar-refractivity contribution in [2.45, 2.75) is 38.5 Å². The minimum absolute atomic E-state index is 0.00669. The van der Waals surface area contributed by atoms with E-state index in [1.165, 1.54) is 0 Å². The van der Waals surface area contributed by atoms with Gasteiger partial charge in [0.1, 0.15) is 5.75 Å². The van der Waals surface area contributed by atoms with Crippen LogP contribution in [0.4, 0.5) is 5.69 Å². The molecule has 1 heterocycles. The molecule has 2 amide bonds. The van der Waals surface area contributed by atoms with Crippen molar-refractivity contribution in [2.24, 2.45) is 0 Å². The van der Waals surface area contributed by atoms with Crippen LogP contribution in [0.2, 0.25) is 0 Å². The largest absolute Gasteiger partial charge is 0.497 e. The van der Waals surface area contributed by atoms with Crippen LogP contribution in [0.5, 0.6) is 5.75 Å². The average molecular weight is 380 g/mol. The number of hydrogen-bond acceptors (Lipinski definition) is 3. The van der Waals surface area contributed by atoms with Gasteiger partial charge in [-0.3, -0.25) is 9.59 Å². The summed E-state index contributed by atoms with van der Waals surface area (Å²) in [4.78, 5) is 26.2. The lowest BCUT2D eigenvalue weighted by Crippen LogP contribution is -2.27. The van der Waals surface area contributed by atoms with Crippen molar-refractivity contribution in [3.8, 4) is 5.75 Å². The van der Waals surface area contributed by atoms with Crippen molar-refractivity contribution < 1.29 is 14.3 Å². The number of aryl methyl sites for hydroxylation is 2. The summed E-state index contributed by atoms with van der Waals surface area (Å²) in [6.07, 6.45) is 4.65. The lowest BCUT2D eigenvalue weighted by Gasteiger charge is -2.15. The number of ether oxygens (including phenoxy) is 1. The zero-order valence-corrected chi connectivity index (χ0v) is 16.4. The first-order valence-corrected chi connectivity index (χ1v) is 9.93. The highest BCUT2D eigenvalue weighted by molar-refractivity contribution is 5.90. The van der Waals surface area contributed by atoms with E-state index in [1.807, 2.05) is 53.4 Å². The molecule has 1 N–H and O–H groups in total. The maximum atomic E-state index is 12.2. The summed E-state index contributed by atoms with van der Waals surface area (Å²) in [5, 5.41) is 2.93. The van der Waals surface area contributed by atoms with Gasteiger partial charge >= 0.3 is 0 Å². The first kappa shape index (κ1) is 19.9. The van der Waals surface area contributed by atoms with Crippen molar-refractivity contribution >= 4 is 17.5 Å². The Kier molecular flexibility index (Phi) is 7.06. The monoisotopic (exact) mass is 380 g/mol. The summed E-state index contributed by atoms with van der Waals surface area (Å²) in [6, 6.07) is 15.5. The third-order valence-electron chi connectivity index (χ3n) is 5.12. The molecule has 28 heavy (non-hydrogen) atoms. The Morgan fingerprint density at radius 2 is 1.46 bits per heavy atom. The van der Waals surface area contributed by atoms with Gasteiger partial charge in [-0.25, -0.2) is 0 Å². The second kappa shape index (κ2) is 9.93. The van der Waals surface area contributed by atoms with E-state index in [0.29, 0.717) is 19.3 Å². The molecule has 0 aliphatic carbocycles. The fourth-order valence-corrected chi connectivity index (χ4v) is 3.40. The molecule has 0 radical (unpaired) electrons. The zero-order chi connectivity index (χ0) is 19.8. The summed E-state index contributed by atoms with van der Waals surface area (Å²) in [5.41, 5.74) is 3.01. The summed E-state index contributed by atoms with van der Waals surface area (Å²) in [5.74, 6) is 1.05. The highest BCUT2D eigenvalue weighted by Gasteiger charge is 2.17. The molecule has 0 unspecified atom stereocenters. The number of carbonyl (C=O) groups excluding carboxylic acids is 2. The molecule has 2 aromatic carbocycles. The first-order chi connectivity index (χ1) is 13.6. The number of amides is 2.